The molecule has 0 atom stereocenters. The second kappa shape index (κ2) is 7.03. The van der Waals surface area contributed by atoms with Gasteiger partial charge in [0.25, 0.3) is 5.91 Å². The molecule has 0 bridgehead atoms. The smallest absolute Gasteiger partial charge is 0.310 e. The van der Waals surface area contributed by atoms with Gasteiger partial charge >= 0.3 is 6.03 Å². The number of anilines is 2. The number of carbonyl (C=O) groups excluding carboxylic acids is 2. The SMILES string of the molecule is CC(C)n1cnnc1-c1cccc(NC(=O)Nc2ccc3c(c2)=CC(=O)N=3)n1. The molecule has 3 aromatic rings. The number of pyridine rings is 1. The fourth-order valence-corrected chi connectivity index (χ4v) is 2.85. The molecule has 3 heterocycles. The van der Waals surface area contributed by atoms with Crippen molar-refractivity contribution in [1.29, 1.82) is 0 Å². The molecule has 0 unspecified atom stereocenters. The van der Waals surface area contributed by atoms with E-state index in [1.165, 1.54) is 6.08 Å². The Hall–Kier alpha value is -3.88. The van der Waals surface area contributed by atoms with Crippen molar-refractivity contribution in [3.63, 3.8) is 0 Å². The first kappa shape index (κ1) is 17.5. The number of aromatic nitrogens is 4. The van der Waals surface area contributed by atoms with Gasteiger partial charge in [-0.05, 0) is 44.2 Å². The van der Waals surface area contributed by atoms with E-state index in [9.17, 15) is 9.59 Å². The van der Waals surface area contributed by atoms with Crippen LogP contribution in [-0.4, -0.2) is 31.7 Å². The van der Waals surface area contributed by atoms with Crippen LogP contribution in [0.15, 0.2) is 47.7 Å². The first-order valence-electron chi connectivity index (χ1n) is 8.69. The van der Waals surface area contributed by atoms with Gasteiger partial charge in [-0.2, -0.15) is 0 Å². The van der Waals surface area contributed by atoms with Crippen molar-refractivity contribution in [2.45, 2.75) is 19.9 Å². The molecule has 0 spiro atoms. The lowest BCUT2D eigenvalue weighted by molar-refractivity contribution is -0.112. The summed E-state index contributed by atoms with van der Waals surface area (Å²) in [5.41, 5.74) is 1.16. The molecule has 2 N–H and O–H groups in total. The number of amides is 3. The van der Waals surface area contributed by atoms with Crippen LogP contribution >= 0.6 is 0 Å². The first-order chi connectivity index (χ1) is 13.5. The van der Waals surface area contributed by atoms with Crippen LogP contribution in [0.1, 0.15) is 19.9 Å². The molecule has 1 aliphatic rings. The van der Waals surface area contributed by atoms with Gasteiger partial charge in [-0.3, -0.25) is 10.1 Å². The van der Waals surface area contributed by atoms with Crippen LogP contribution in [0, 0.1) is 0 Å². The van der Waals surface area contributed by atoms with Gasteiger partial charge in [-0.1, -0.05) is 6.07 Å². The fourth-order valence-electron chi connectivity index (χ4n) is 2.85. The van der Waals surface area contributed by atoms with Crippen LogP contribution in [0.5, 0.6) is 0 Å². The average molecular weight is 375 g/mol. The maximum atomic E-state index is 12.3. The number of benzene rings is 1. The van der Waals surface area contributed by atoms with Crippen molar-refractivity contribution >= 4 is 29.5 Å². The zero-order valence-corrected chi connectivity index (χ0v) is 15.2. The van der Waals surface area contributed by atoms with Crippen molar-refractivity contribution < 1.29 is 9.59 Å². The molecule has 2 aromatic heterocycles. The van der Waals surface area contributed by atoms with Crippen LogP contribution in [-0.2, 0) is 4.79 Å². The van der Waals surface area contributed by atoms with Gasteiger partial charge < -0.3 is 9.88 Å². The molecule has 140 valence electrons. The van der Waals surface area contributed by atoms with E-state index in [1.54, 1.807) is 36.7 Å². The molecule has 3 amide bonds. The highest BCUT2D eigenvalue weighted by Gasteiger charge is 2.13. The van der Waals surface area contributed by atoms with Crippen molar-refractivity contribution in [2.24, 2.45) is 4.99 Å². The molecule has 1 aromatic carbocycles. The molecule has 0 radical (unpaired) electrons. The quantitative estimate of drug-likeness (QED) is 0.717. The Labute approximate surface area is 159 Å². The van der Waals surface area contributed by atoms with E-state index in [0.717, 1.165) is 0 Å². The summed E-state index contributed by atoms with van der Waals surface area (Å²) in [6, 6.07) is 10.1. The van der Waals surface area contributed by atoms with Crippen molar-refractivity contribution in [2.75, 3.05) is 10.6 Å². The second-order valence-corrected chi connectivity index (χ2v) is 6.51. The molecule has 28 heavy (non-hydrogen) atoms. The number of nitrogens with one attached hydrogen (secondary N) is 2. The number of urea groups is 1. The van der Waals surface area contributed by atoms with Gasteiger partial charge in [-0.15, -0.1) is 10.2 Å². The molecule has 1 aliphatic heterocycles. The van der Waals surface area contributed by atoms with E-state index in [0.29, 0.717) is 33.6 Å². The summed E-state index contributed by atoms with van der Waals surface area (Å²) in [7, 11) is 0. The van der Waals surface area contributed by atoms with E-state index in [1.807, 2.05) is 24.5 Å². The number of nitrogens with zero attached hydrogens (tertiary/aromatic N) is 5. The minimum Gasteiger partial charge on any atom is -0.310 e. The number of carbonyl (C=O) groups is 2. The van der Waals surface area contributed by atoms with E-state index in [4.69, 9.17) is 0 Å². The lowest BCUT2D eigenvalue weighted by Crippen LogP contribution is -2.25. The van der Waals surface area contributed by atoms with E-state index >= 15 is 0 Å². The topological polar surface area (TPSA) is 114 Å². The number of rotatable bonds is 4. The largest absolute Gasteiger partial charge is 0.324 e. The van der Waals surface area contributed by atoms with Crippen LogP contribution in [0.3, 0.4) is 0 Å². The Morgan fingerprint density at radius 3 is 2.82 bits per heavy atom. The van der Waals surface area contributed by atoms with Gasteiger partial charge in [0.1, 0.15) is 17.8 Å². The number of fused-ring (bicyclic) bond motifs is 1. The summed E-state index contributed by atoms with van der Waals surface area (Å²) < 4.78 is 1.90. The van der Waals surface area contributed by atoms with Crippen LogP contribution in [0.4, 0.5) is 16.3 Å². The van der Waals surface area contributed by atoms with E-state index in [-0.39, 0.29) is 11.9 Å². The highest BCUT2D eigenvalue weighted by Crippen LogP contribution is 2.19. The van der Waals surface area contributed by atoms with Gasteiger partial charge in [0.05, 0.1) is 5.36 Å². The Balaban J connectivity index is 1.51. The van der Waals surface area contributed by atoms with Gasteiger partial charge in [0.15, 0.2) is 5.82 Å². The Kier molecular flexibility index (Phi) is 4.40. The number of hydrogen-bond acceptors (Lipinski definition) is 5. The van der Waals surface area contributed by atoms with Gasteiger partial charge in [0, 0.05) is 23.0 Å². The average Bonchev–Trinajstić information content (AvgIpc) is 3.27. The summed E-state index contributed by atoms with van der Waals surface area (Å²) in [5.74, 6) is 0.708. The maximum absolute atomic E-state index is 12.3. The first-order valence-corrected chi connectivity index (χ1v) is 8.69. The molecular weight excluding hydrogens is 358 g/mol. The van der Waals surface area contributed by atoms with E-state index in [2.05, 4.69) is 30.8 Å². The van der Waals surface area contributed by atoms with Gasteiger partial charge in [0.2, 0.25) is 0 Å². The molecule has 0 fully saturated rings. The lowest BCUT2D eigenvalue weighted by atomic mass is 10.2. The molecule has 9 heteroatoms. The summed E-state index contributed by atoms with van der Waals surface area (Å²) in [5, 5.41) is 14.8. The molecule has 9 nitrogen and oxygen atoms in total. The highest BCUT2D eigenvalue weighted by molar-refractivity contribution is 6.06. The van der Waals surface area contributed by atoms with E-state index < -0.39 is 6.03 Å². The second-order valence-electron chi connectivity index (χ2n) is 6.51. The molecule has 0 saturated carbocycles. The third-order valence-electron chi connectivity index (χ3n) is 4.14. The summed E-state index contributed by atoms with van der Waals surface area (Å²) in [6.07, 6.45) is 3.07. The monoisotopic (exact) mass is 375 g/mol. The standard InChI is InChI=1S/C19H17N7O2/c1-11(2)26-10-20-25-18(26)15-4-3-5-16(22-15)24-19(28)21-13-6-7-14-12(8-13)9-17(27)23-14/h3-11H,1-2H3,(H2,21,22,24,28). The molecule has 0 aliphatic carbocycles. The predicted molar refractivity (Wildman–Crippen MR) is 103 cm³/mol. The minimum atomic E-state index is -0.448. The highest BCUT2D eigenvalue weighted by atomic mass is 16.2. The normalized spacial score (nSPS) is 12.3. The molecule has 0 saturated heterocycles. The Morgan fingerprint density at radius 2 is 2.00 bits per heavy atom. The molecule has 4 rings (SSSR count). The summed E-state index contributed by atoms with van der Waals surface area (Å²) in [4.78, 5) is 31.9. The zero-order valence-electron chi connectivity index (χ0n) is 15.2. The summed E-state index contributed by atoms with van der Waals surface area (Å²) in [6.45, 7) is 4.05. The maximum Gasteiger partial charge on any atom is 0.324 e. The Morgan fingerprint density at radius 1 is 1.14 bits per heavy atom. The van der Waals surface area contributed by atoms with Crippen molar-refractivity contribution in [3.8, 4) is 11.5 Å². The fraction of sp³-hybridized carbons (Fsp3) is 0.158. The van der Waals surface area contributed by atoms with Gasteiger partial charge in [-0.25, -0.2) is 14.8 Å². The third kappa shape index (κ3) is 3.50. The Bertz CT molecular complexity index is 1200. The van der Waals surface area contributed by atoms with Crippen molar-refractivity contribution in [1.82, 2.24) is 19.7 Å². The molecular formula is C19H17N7O2. The minimum absolute atomic E-state index is 0.182. The predicted octanol–water partition coefficient (Wildman–Crippen LogP) is 1.51. The lowest BCUT2D eigenvalue weighted by Gasteiger charge is -2.11. The zero-order chi connectivity index (χ0) is 19.7. The number of hydrogen-bond donors (Lipinski definition) is 2. The van der Waals surface area contributed by atoms with Crippen LogP contribution in [0.2, 0.25) is 0 Å². The summed E-state index contributed by atoms with van der Waals surface area (Å²) >= 11 is 0. The van der Waals surface area contributed by atoms with Crippen LogP contribution < -0.4 is 21.2 Å². The third-order valence-corrected chi connectivity index (χ3v) is 4.14. The van der Waals surface area contributed by atoms with Crippen LogP contribution in [0.25, 0.3) is 17.6 Å². The van der Waals surface area contributed by atoms with Crippen molar-refractivity contribution in [3.05, 3.63) is 53.3 Å².